The molecule has 20 heteroatoms. The molecule has 0 unspecified atom stereocenters. The highest BCUT2D eigenvalue weighted by Gasteiger charge is 2.70. The lowest BCUT2D eigenvalue weighted by Gasteiger charge is -2.71. The summed E-state index contributed by atoms with van der Waals surface area (Å²) in [6.45, 7) is 21.5. The summed E-state index contributed by atoms with van der Waals surface area (Å²) in [6, 6.07) is 0. The second kappa shape index (κ2) is 21.3. The number of methoxy groups -OCH3 is 3. The molecule has 0 N–H and O–H groups in total. The largest absolute Gasteiger partial charge is 0.469 e. The Morgan fingerprint density at radius 2 is 1.00 bits per heavy atom. The van der Waals surface area contributed by atoms with E-state index in [1.54, 1.807) is 0 Å². The normalized spacial score (nSPS) is 41.4. The molecular formula is C55H80O20. The number of ether oxygens (including phenoxy) is 12. The molecule has 6 fully saturated rings. The Balaban J connectivity index is 1.27. The number of rotatable bonds is 12. The van der Waals surface area contributed by atoms with Gasteiger partial charge < -0.3 is 56.8 Å². The first-order valence-corrected chi connectivity index (χ1v) is 26.4. The maximum absolute atomic E-state index is 13.8. The lowest BCUT2D eigenvalue weighted by Crippen LogP contribution is -2.69. The van der Waals surface area contributed by atoms with Crippen LogP contribution in [0, 0.1) is 50.2 Å². The van der Waals surface area contributed by atoms with Gasteiger partial charge in [-0.15, -0.1) is 0 Å². The maximum atomic E-state index is 13.8. The van der Waals surface area contributed by atoms with Gasteiger partial charge in [0.2, 0.25) is 6.29 Å². The molecule has 0 bridgehead atoms. The van der Waals surface area contributed by atoms with E-state index >= 15 is 0 Å². The second-order valence-corrected chi connectivity index (χ2v) is 24.2. The van der Waals surface area contributed by atoms with Crippen LogP contribution in [0.3, 0.4) is 0 Å². The standard InChI is InChI=1S/C55H80O20/c1-27(56)67-37-39(69-29(3)58)43(71-31(5)60)48(74-42(37)46(62)65-14)75-44-40(70-30(4)59)38(68-28(2)57)41(45(61)64-13)73-47(44)72-36-19-20-52(10)34(51(36,8)9)18-21-54(12)35(52)17-16-32-33-26-50(6,7)22-24-55(33,49(63)66-15)25-23-53(32,54)11/h16,33-44,47-48H,17-26H2,1-15H3/t33-,34-,35+,36-,37-,38-,39-,40-,41-,42-,43+,44+,47-,48-,52-,53+,54+,55-/m0/s1. The van der Waals surface area contributed by atoms with Crippen molar-refractivity contribution < 1.29 is 95.2 Å². The Bertz CT molecular complexity index is 2290. The number of hydrogen-bond donors (Lipinski definition) is 0. The first-order valence-electron chi connectivity index (χ1n) is 26.4. The minimum Gasteiger partial charge on any atom is -0.469 e. The Morgan fingerprint density at radius 1 is 0.520 bits per heavy atom. The average Bonchev–Trinajstić information content (AvgIpc) is 3.31. The van der Waals surface area contributed by atoms with Crippen LogP contribution in [0.5, 0.6) is 0 Å². The van der Waals surface area contributed by atoms with Crippen molar-refractivity contribution >= 4 is 47.8 Å². The fourth-order valence-electron chi connectivity index (χ4n) is 15.6. The lowest BCUT2D eigenvalue weighted by molar-refractivity contribution is -0.372. The van der Waals surface area contributed by atoms with Gasteiger partial charge >= 0.3 is 47.8 Å². The van der Waals surface area contributed by atoms with Gasteiger partial charge in [0.05, 0.1) is 32.8 Å². The van der Waals surface area contributed by atoms with E-state index < -0.39 is 120 Å². The van der Waals surface area contributed by atoms with Crippen molar-refractivity contribution in [1.82, 2.24) is 0 Å². The van der Waals surface area contributed by atoms with Crippen LogP contribution in [-0.2, 0) is 95.2 Å². The fourth-order valence-corrected chi connectivity index (χ4v) is 15.6. The quantitative estimate of drug-likeness (QED) is 0.0915. The van der Waals surface area contributed by atoms with E-state index in [0.717, 1.165) is 107 Å². The zero-order chi connectivity index (χ0) is 55.5. The number of carbonyl (C=O) groups is 8. The van der Waals surface area contributed by atoms with Crippen molar-refractivity contribution in [1.29, 1.82) is 0 Å². The molecule has 2 saturated heterocycles. The molecule has 2 heterocycles. The highest BCUT2D eigenvalue weighted by atomic mass is 16.8. The Morgan fingerprint density at radius 3 is 1.51 bits per heavy atom. The van der Waals surface area contributed by atoms with Gasteiger partial charge in [0, 0.05) is 34.6 Å². The van der Waals surface area contributed by atoms with Crippen LogP contribution >= 0.6 is 0 Å². The lowest BCUT2D eigenvalue weighted by atomic mass is 9.33. The Hall–Kier alpha value is -4.66. The molecule has 0 aromatic carbocycles. The first-order chi connectivity index (χ1) is 34.9. The van der Waals surface area contributed by atoms with E-state index in [1.165, 1.54) is 12.7 Å². The van der Waals surface area contributed by atoms with Gasteiger partial charge in [0.1, 0.15) is 0 Å². The van der Waals surface area contributed by atoms with Crippen LogP contribution in [0.15, 0.2) is 11.6 Å². The maximum Gasteiger partial charge on any atom is 0.339 e. The summed E-state index contributed by atoms with van der Waals surface area (Å²) in [7, 11) is 3.65. The van der Waals surface area contributed by atoms with Crippen molar-refractivity contribution in [3.8, 4) is 0 Å². The van der Waals surface area contributed by atoms with Crippen LogP contribution in [0.1, 0.15) is 147 Å². The van der Waals surface area contributed by atoms with E-state index in [0.29, 0.717) is 6.42 Å². The molecule has 7 aliphatic rings. The van der Waals surface area contributed by atoms with Crippen LogP contribution in [-0.4, -0.2) is 137 Å². The monoisotopic (exact) mass is 1060 g/mol. The van der Waals surface area contributed by atoms with Gasteiger partial charge in [-0.05, 0) is 109 Å². The molecule has 18 atom stereocenters. The van der Waals surface area contributed by atoms with Gasteiger partial charge in [-0.1, -0.05) is 60.1 Å². The molecule has 0 aromatic rings. The van der Waals surface area contributed by atoms with Crippen LogP contribution in [0.2, 0.25) is 0 Å². The summed E-state index contributed by atoms with van der Waals surface area (Å²) in [5.41, 5.74) is -0.158. The van der Waals surface area contributed by atoms with Crippen molar-refractivity contribution in [2.45, 2.75) is 215 Å². The second-order valence-electron chi connectivity index (χ2n) is 24.2. The van der Waals surface area contributed by atoms with Crippen LogP contribution in [0.25, 0.3) is 0 Å². The molecule has 20 nitrogen and oxygen atoms in total. The highest BCUT2D eigenvalue weighted by Crippen LogP contribution is 2.76. The van der Waals surface area contributed by atoms with Crippen LogP contribution < -0.4 is 0 Å². The van der Waals surface area contributed by atoms with Gasteiger partial charge in [-0.2, -0.15) is 0 Å². The molecule has 5 aliphatic carbocycles. The summed E-state index contributed by atoms with van der Waals surface area (Å²) >= 11 is 0. The molecule has 2 aliphatic heterocycles. The van der Waals surface area contributed by atoms with Gasteiger partial charge in [0.25, 0.3) is 0 Å². The number of fused-ring (bicyclic) bond motifs is 7. The van der Waals surface area contributed by atoms with Crippen LogP contribution in [0.4, 0.5) is 0 Å². The predicted molar refractivity (Wildman–Crippen MR) is 260 cm³/mol. The molecule has 4 saturated carbocycles. The molecule has 0 spiro atoms. The van der Waals surface area contributed by atoms with Crippen molar-refractivity contribution in [3.63, 3.8) is 0 Å². The van der Waals surface area contributed by atoms with Gasteiger partial charge in [-0.25, -0.2) is 9.59 Å². The fraction of sp³-hybridized carbons (Fsp3) is 0.818. The van der Waals surface area contributed by atoms with Crippen molar-refractivity contribution in [2.24, 2.45) is 50.2 Å². The van der Waals surface area contributed by atoms with E-state index in [1.807, 2.05) is 0 Å². The van der Waals surface area contributed by atoms with Gasteiger partial charge in [-0.3, -0.25) is 28.8 Å². The number of esters is 8. The average molecular weight is 1060 g/mol. The Kier molecular flexibility index (Phi) is 16.5. The zero-order valence-electron chi connectivity index (χ0n) is 46.4. The minimum absolute atomic E-state index is 0.0719. The molecule has 75 heavy (non-hydrogen) atoms. The first kappa shape index (κ1) is 58.0. The molecule has 0 amide bonds. The van der Waals surface area contributed by atoms with E-state index in [4.69, 9.17) is 56.8 Å². The van der Waals surface area contributed by atoms with Gasteiger partial charge in [0.15, 0.2) is 55.1 Å². The molecule has 0 aromatic heterocycles. The summed E-state index contributed by atoms with van der Waals surface area (Å²) in [5.74, 6) is -6.40. The summed E-state index contributed by atoms with van der Waals surface area (Å²) < 4.78 is 70.4. The molecular weight excluding hydrogens is 981 g/mol. The zero-order valence-corrected chi connectivity index (χ0v) is 46.4. The van der Waals surface area contributed by atoms with E-state index in [-0.39, 0.29) is 45.4 Å². The summed E-state index contributed by atoms with van der Waals surface area (Å²) in [6.07, 6.45) is -7.79. The topological polar surface area (TPSA) is 247 Å². The van der Waals surface area contributed by atoms with E-state index in [2.05, 4.69) is 54.5 Å². The number of carbonyl (C=O) groups excluding carboxylic acids is 8. The summed E-state index contributed by atoms with van der Waals surface area (Å²) in [4.78, 5) is 105. The number of allylic oxidation sites excluding steroid dienone is 2. The minimum atomic E-state index is -1.96. The molecule has 7 rings (SSSR count). The third-order valence-electron chi connectivity index (χ3n) is 19.1. The number of hydrogen-bond acceptors (Lipinski definition) is 20. The SMILES string of the molecule is COC(=O)[C@H]1O[C@@H](O[C@H]2[C@@H](O[C@H]3CC[C@]4(C)[C@H]5CC=C6[C@@H]7CC(C)(C)CC[C@]7(C(=O)OC)CC[C@@]6(C)[C@]5(C)CC[C@H]4C3(C)C)O[C@H](C(=O)OC)[C@@H](OC(C)=O)[C@@H]2OC(C)=O)[C@H](OC(C)=O)[C@@H](OC(C)=O)[C@@H]1OC(C)=O. The molecule has 420 valence electrons. The third-order valence-corrected chi connectivity index (χ3v) is 19.1. The Labute approximate surface area is 439 Å². The smallest absolute Gasteiger partial charge is 0.339 e. The van der Waals surface area contributed by atoms with Crippen molar-refractivity contribution in [3.05, 3.63) is 11.6 Å². The predicted octanol–water partition coefficient (Wildman–Crippen LogP) is 6.19. The van der Waals surface area contributed by atoms with Crippen molar-refractivity contribution in [2.75, 3.05) is 21.3 Å². The highest BCUT2D eigenvalue weighted by molar-refractivity contribution is 5.79. The summed E-state index contributed by atoms with van der Waals surface area (Å²) in [5, 5.41) is 0. The molecule has 0 radical (unpaired) electrons. The van der Waals surface area contributed by atoms with E-state index in [9.17, 15) is 38.4 Å². The third kappa shape index (κ3) is 10.3.